The second-order valence-electron chi connectivity index (χ2n) is 4.25. The number of aliphatic hydroxyl groups excluding tert-OH is 1. The number of aromatic carboxylic acids is 1. The standard InChI is InChI=1S/C11H17NO5S3/c1-6-5-19-9(11(14)15)10(6)20(16,17)12-7(2)8(4-13)18-3/h5,7-8,12-13H,4H2,1-3H3,(H,14,15). The van der Waals surface area contributed by atoms with Crippen LogP contribution in [0.5, 0.6) is 0 Å². The topological polar surface area (TPSA) is 104 Å². The zero-order valence-corrected chi connectivity index (χ0v) is 13.7. The Labute approximate surface area is 126 Å². The lowest BCUT2D eigenvalue weighted by atomic mass is 10.3. The summed E-state index contributed by atoms with van der Waals surface area (Å²) in [7, 11) is -3.93. The summed E-state index contributed by atoms with van der Waals surface area (Å²) in [5.74, 6) is -1.26. The van der Waals surface area contributed by atoms with Gasteiger partial charge in [0, 0.05) is 11.3 Å². The predicted octanol–water partition coefficient (Wildman–Crippen LogP) is 1.15. The number of carboxylic acid groups (broad SMARTS) is 1. The molecule has 0 spiro atoms. The number of carbonyl (C=O) groups is 1. The van der Waals surface area contributed by atoms with Crippen molar-refractivity contribution >= 4 is 39.1 Å². The molecular formula is C11H17NO5S3. The van der Waals surface area contributed by atoms with Gasteiger partial charge in [0.25, 0.3) is 0 Å². The quantitative estimate of drug-likeness (QED) is 0.688. The van der Waals surface area contributed by atoms with E-state index in [1.165, 1.54) is 17.1 Å². The van der Waals surface area contributed by atoms with Gasteiger partial charge in [-0.3, -0.25) is 0 Å². The maximum Gasteiger partial charge on any atom is 0.347 e. The van der Waals surface area contributed by atoms with Gasteiger partial charge in [0.05, 0.1) is 6.61 Å². The fourth-order valence-corrected chi connectivity index (χ4v) is 5.36. The molecule has 0 aromatic carbocycles. The summed E-state index contributed by atoms with van der Waals surface area (Å²) in [6, 6.07) is -0.513. The van der Waals surface area contributed by atoms with Crippen molar-refractivity contribution in [3.8, 4) is 0 Å². The van der Waals surface area contributed by atoms with Crippen LogP contribution in [0.4, 0.5) is 0 Å². The molecule has 1 aromatic heterocycles. The molecular weight excluding hydrogens is 322 g/mol. The molecule has 2 atom stereocenters. The number of thioether (sulfide) groups is 1. The summed E-state index contributed by atoms with van der Waals surface area (Å²) in [5, 5.41) is 19.4. The Morgan fingerprint density at radius 1 is 1.55 bits per heavy atom. The molecule has 0 amide bonds. The smallest absolute Gasteiger partial charge is 0.347 e. The predicted molar refractivity (Wildman–Crippen MR) is 80.2 cm³/mol. The molecule has 1 heterocycles. The normalized spacial score (nSPS) is 15.0. The minimum atomic E-state index is -3.93. The molecule has 9 heteroatoms. The summed E-state index contributed by atoms with van der Waals surface area (Å²) >= 11 is 2.22. The molecule has 20 heavy (non-hydrogen) atoms. The number of rotatable bonds is 7. The van der Waals surface area contributed by atoms with Crippen molar-refractivity contribution in [2.24, 2.45) is 0 Å². The molecule has 1 rings (SSSR count). The number of hydrogen-bond donors (Lipinski definition) is 3. The van der Waals surface area contributed by atoms with Crippen molar-refractivity contribution in [2.45, 2.75) is 30.0 Å². The van der Waals surface area contributed by atoms with E-state index >= 15 is 0 Å². The third-order valence-corrected chi connectivity index (χ3v) is 6.89. The zero-order chi connectivity index (χ0) is 15.5. The molecule has 2 unspecified atom stereocenters. The van der Waals surface area contributed by atoms with Gasteiger partial charge in [0.1, 0.15) is 9.77 Å². The molecule has 0 aliphatic heterocycles. The Hall–Kier alpha value is -0.610. The van der Waals surface area contributed by atoms with E-state index in [0.717, 1.165) is 11.3 Å². The third kappa shape index (κ3) is 3.73. The number of thiophene rings is 1. The van der Waals surface area contributed by atoms with Crippen LogP contribution in [-0.2, 0) is 10.0 Å². The highest BCUT2D eigenvalue weighted by Crippen LogP contribution is 2.27. The molecule has 1 aromatic rings. The maximum atomic E-state index is 12.3. The molecule has 6 nitrogen and oxygen atoms in total. The first-order valence-corrected chi connectivity index (χ1v) is 9.37. The van der Waals surface area contributed by atoms with Gasteiger partial charge < -0.3 is 10.2 Å². The van der Waals surface area contributed by atoms with Crippen molar-refractivity contribution < 1.29 is 23.4 Å². The first-order valence-electron chi connectivity index (χ1n) is 5.72. The van der Waals surface area contributed by atoms with Crippen LogP contribution in [0.3, 0.4) is 0 Å². The molecule has 0 fully saturated rings. The fourth-order valence-electron chi connectivity index (χ4n) is 1.73. The van der Waals surface area contributed by atoms with Crippen LogP contribution in [0.15, 0.2) is 10.3 Å². The van der Waals surface area contributed by atoms with Crippen LogP contribution in [-0.4, -0.2) is 48.8 Å². The van der Waals surface area contributed by atoms with Gasteiger partial charge in [-0.2, -0.15) is 11.8 Å². The highest BCUT2D eigenvalue weighted by atomic mass is 32.2. The number of aryl methyl sites for hydroxylation is 1. The monoisotopic (exact) mass is 339 g/mol. The molecule has 0 aliphatic carbocycles. The number of hydrogen-bond acceptors (Lipinski definition) is 6. The van der Waals surface area contributed by atoms with Gasteiger partial charge in [-0.15, -0.1) is 11.3 Å². The van der Waals surface area contributed by atoms with Gasteiger partial charge >= 0.3 is 5.97 Å². The minimum absolute atomic E-state index is 0.167. The van der Waals surface area contributed by atoms with Crippen LogP contribution in [0.1, 0.15) is 22.2 Å². The molecule has 0 aliphatic rings. The highest BCUT2D eigenvalue weighted by Gasteiger charge is 2.29. The van der Waals surface area contributed by atoms with Gasteiger partial charge in [-0.25, -0.2) is 17.9 Å². The van der Waals surface area contributed by atoms with E-state index in [4.69, 9.17) is 5.11 Å². The number of aliphatic hydroxyl groups is 1. The van der Waals surface area contributed by atoms with E-state index in [2.05, 4.69) is 4.72 Å². The van der Waals surface area contributed by atoms with Crippen molar-refractivity contribution in [1.29, 1.82) is 0 Å². The Balaban J connectivity index is 3.12. The molecule has 0 radical (unpaired) electrons. The van der Waals surface area contributed by atoms with E-state index in [1.807, 2.05) is 0 Å². The first-order chi connectivity index (χ1) is 9.24. The Bertz CT molecular complexity index is 577. The summed E-state index contributed by atoms with van der Waals surface area (Å²) in [5.41, 5.74) is 0.400. The van der Waals surface area contributed by atoms with Gasteiger partial charge in [0.2, 0.25) is 10.0 Å². The second kappa shape index (κ2) is 6.90. The SMILES string of the molecule is CSC(CO)C(C)NS(=O)(=O)c1c(C)csc1C(=O)O. The van der Waals surface area contributed by atoms with Crippen LogP contribution in [0.25, 0.3) is 0 Å². The summed E-state index contributed by atoms with van der Waals surface area (Å²) in [6.45, 7) is 3.02. The number of sulfonamides is 1. The van der Waals surface area contributed by atoms with Crippen molar-refractivity contribution in [2.75, 3.05) is 12.9 Å². The maximum absolute atomic E-state index is 12.3. The van der Waals surface area contributed by atoms with Crippen LogP contribution in [0.2, 0.25) is 0 Å². The lowest BCUT2D eigenvalue weighted by molar-refractivity contribution is 0.0698. The zero-order valence-electron chi connectivity index (χ0n) is 11.3. The van der Waals surface area contributed by atoms with E-state index in [0.29, 0.717) is 5.56 Å². The minimum Gasteiger partial charge on any atom is -0.477 e. The highest BCUT2D eigenvalue weighted by molar-refractivity contribution is 7.99. The Morgan fingerprint density at radius 3 is 2.60 bits per heavy atom. The third-order valence-electron chi connectivity index (χ3n) is 2.76. The molecule has 0 saturated heterocycles. The van der Waals surface area contributed by atoms with E-state index in [9.17, 15) is 18.3 Å². The Morgan fingerprint density at radius 2 is 2.15 bits per heavy atom. The number of carboxylic acids is 1. The molecule has 114 valence electrons. The van der Waals surface area contributed by atoms with Gasteiger partial charge in [-0.1, -0.05) is 0 Å². The lowest BCUT2D eigenvalue weighted by Crippen LogP contribution is -2.41. The fraction of sp³-hybridized carbons (Fsp3) is 0.545. The summed E-state index contributed by atoms with van der Waals surface area (Å²) in [6.07, 6.45) is 1.77. The van der Waals surface area contributed by atoms with Crippen molar-refractivity contribution in [1.82, 2.24) is 4.72 Å². The van der Waals surface area contributed by atoms with Gasteiger partial charge in [-0.05, 0) is 31.0 Å². The van der Waals surface area contributed by atoms with Crippen LogP contribution < -0.4 is 4.72 Å². The summed E-state index contributed by atoms with van der Waals surface area (Å²) in [4.78, 5) is 10.7. The number of nitrogens with one attached hydrogen (secondary N) is 1. The van der Waals surface area contributed by atoms with E-state index < -0.39 is 22.0 Å². The average Bonchev–Trinajstić information content (AvgIpc) is 2.73. The summed E-state index contributed by atoms with van der Waals surface area (Å²) < 4.78 is 27.1. The van der Waals surface area contributed by atoms with E-state index in [1.54, 1.807) is 20.1 Å². The van der Waals surface area contributed by atoms with Crippen molar-refractivity contribution in [3.63, 3.8) is 0 Å². The Kier molecular flexibility index (Phi) is 6.02. The molecule has 0 saturated carbocycles. The van der Waals surface area contributed by atoms with Crippen LogP contribution >= 0.6 is 23.1 Å². The van der Waals surface area contributed by atoms with Crippen LogP contribution in [0, 0.1) is 6.92 Å². The molecule has 0 bridgehead atoms. The van der Waals surface area contributed by atoms with Gasteiger partial charge in [0.15, 0.2) is 0 Å². The van der Waals surface area contributed by atoms with Crippen molar-refractivity contribution in [3.05, 3.63) is 15.8 Å². The lowest BCUT2D eigenvalue weighted by Gasteiger charge is -2.21. The average molecular weight is 339 g/mol. The largest absolute Gasteiger partial charge is 0.477 e. The first kappa shape index (κ1) is 17.4. The van der Waals surface area contributed by atoms with E-state index in [-0.39, 0.29) is 21.6 Å². The second-order valence-corrected chi connectivity index (χ2v) is 7.86. The molecule has 3 N–H and O–H groups in total.